The Bertz CT molecular complexity index is 1000. The first-order valence-corrected chi connectivity index (χ1v) is 9.67. The number of nitrogens with one attached hydrogen (secondary N) is 2. The molecule has 0 bridgehead atoms. The fourth-order valence-electron chi connectivity index (χ4n) is 2.64. The van der Waals surface area contributed by atoms with Crippen molar-refractivity contribution in [2.75, 3.05) is 6.61 Å². The molecule has 0 aliphatic heterocycles. The van der Waals surface area contributed by atoms with Crippen LogP contribution in [0.2, 0.25) is 0 Å². The third kappa shape index (κ3) is 6.16. The largest absolute Gasteiger partial charge is 0.484 e. The molecule has 8 heteroatoms. The predicted octanol–water partition coefficient (Wildman–Crippen LogP) is 2.90. The lowest BCUT2D eigenvalue weighted by atomic mass is 10.1. The third-order valence-electron chi connectivity index (χ3n) is 4.47. The molecule has 0 aliphatic rings. The first-order chi connectivity index (χ1) is 14.5. The van der Waals surface area contributed by atoms with Gasteiger partial charge in [0.15, 0.2) is 6.61 Å². The Morgan fingerprint density at radius 2 is 1.73 bits per heavy atom. The molecule has 0 saturated carbocycles. The highest BCUT2D eigenvalue weighted by atomic mass is 16.5. The monoisotopic (exact) mass is 408 g/mol. The molecule has 0 aliphatic carbocycles. The van der Waals surface area contributed by atoms with Gasteiger partial charge in [-0.1, -0.05) is 24.3 Å². The van der Waals surface area contributed by atoms with E-state index in [1.165, 1.54) is 0 Å². The van der Waals surface area contributed by atoms with Gasteiger partial charge < -0.3 is 9.15 Å². The number of carbonyl (C=O) groups excluding carboxylic acids is 2. The fraction of sp³-hybridized carbons (Fsp3) is 0.273. The molecule has 1 aromatic heterocycles. The van der Waals surface area contributed by atoms with Crippen LogP contribution < -0.4 is 15.6 Å². The molecular weight excluding hydrogens is 384 g/mol. The van der Waals surface area contributed by atoms with E-state index in [0.717, 1.165) is 16.7 Å². The summed E-state index contributed by atoms with van der Waals surface area (Å²) < 4.78 is 11.0. The van der Waals surface area contributed by atoms with Crippen LogP contribution in [-0.2, 0) is 16.0 Å². The second kappa shape index (κ2) is 10.2. The maximum absolute atomic E-state index is 11.9. The van der Waals surface area contributed by atoms with Crippen molar-refractivity contribution in [1.82, 2.24) is 21.0 Å². The maximum Gasteiger partial charge on any atom is 0.276 e. The lowest BCUT2D eigenvalue weighted by Crippen LogP contribution is -2.43. The van der Waals surface area contributed by atoms with Crippen molar-refractivity contribution in [1.29, 1.82) is 0 Å². The molecule has 8 nitrogen and oxygen atoms in total. The molecule has 156 valence electrons. The van der Waals surface area contributed by atoms with Gasteiger partial charge in [0.25, 0.3) is 5.91 Å². The molecule has 2 amide bonds. The molecular formula is C22H24N4O4. The average Bonchev–Trinajstić information content (AvgIpc) is 3.23. The van der Waals surface area contributed by atoms with Crippen LogP contribution in [0, 0.1) is 13.8 Å². The topological polar surface area (TPSA) is 106 Å². The Kier molecular flexibility index (Phi) is 7.15. The van der Waals surface area contributed by atoms with Gasteiger partial charge in [-0.3, -0.25) is 20.4 Å². The van der Waals surface area contributed by atoms with Crippen molar-refractivity contribution >= 4 is 11.8 Å². The van der Waals surface area contributed by atoms with Crippen molar-refractivity contribution in [3.05, 3.63) is 65.5 Å². The van der Waals surface area contributed by atoms with E-state index in [-0.39, 0.29) is 18.9 Å². The summed E-state index contributed by atoms with van der Waals surface area (Å²) in [6.07, 6.45) is 1.19. The molecule has 0 radical (unpaired) electrons. The number of rotatable bonds is 8. The van der Waals surface area contributed by atoms with Crippen molar-refractivity contribution in [3.63, 3.8) is 0 Å². The smallest absolute Gasteiger partial charge is 0.276 e. The number of aromatic nitrogens is 2. The molecule has 0 saturated heterocycles. The summed E-state index contributed by atoms with van der Waals surface area (Å²) in [6.45, 7) is 3.79. The lowest BCUT2D eigenvalue weighted by molar-refractivity contribution is -0.130. The molecule has 0 fully saturated rings. The number of hydrazine groups is 1. The van der Waals surface area contributed by atoms with Crippen LogP contribution in [0.5, 0.6) is 5.75 Å². The van der Waals surface area contributed by atoms with E-state index in [0.29, 0.717) is 30.4 Å². The first-order valence-electron chi connectivity index (χ1n) is 9.67. The molecule has 0 atom stereocenters. The zero-order valence-electron chi connectivity index (χ0n) is 17.0. The number of amides is 2. The molecule has 2 aromatic carbocycles. The Hall–Kier alpha value is -3.68. The number of hydrogen-bond acceptors (Lipinski definition) is 6. The molecule has 0 spiro atoms. The Morgan fingerprint density at radius 3 is 2.50 bits per heavy atom. The second-order valence-corrected chi connectivity index (χ2v) is 6.85. The van der Waals surface area contributed by atoms with E-state index >= 15 is 0 Å². The summed E-state index contributed by atoms with van der Waals surface area (Å²) in [4.78, 5) is 23.7. The number of nitrogens with zero attached hydrogens (tertiary/aromatic N) is 2. The zero-order valence-corrected chi connectivity index (χ0v) is 17.0. The van der Waals surface area contributed by atoms with Crippen LogP contribution in [0.15, 0.2) is 52.9 Å². The fourth-order valence-corrected chi connectivity index (χ4v) is 2.64. The van der Waals surface area contributed by atoms with Crippen LogP contribution in [0.25, 0.3) is 11.5 Å². The number of aryl methyl sites for hydroxylation is 3. The Morgan fingerprint density at radius 1 is 0.967 bits per heavy atom. The number of ether oxygens (including phenoxy) is 1. The first kappa shape index (κ1) is 21.0. The quantitative estimate of drug-likeness (QED) is 0.555. The van der Waals surface area contributed by atoms with Crippen LogP contribution in [0.4, 0.5) is 0 Å². The Balaban J connectivity index is 1.33. The maximum atomic E-state index is 11.9. The summed E-state index contributed by atoms with van der Waals surface area (Å²) in [5, 5.41) is 8.00. The van der Waals surface area contributed by atoms with Gasteiger partial charge in [-0.25, -0.2) is 0 Å². The van der Waals surface area contributed by atoms with E-state index in [4.69, 9.17) is 9.15 Å². The van der Waals surface area contributed by atoms with Crippen LogP contribution in [0.3, 0.4) is 0 Å². The highest BCUT2D eigenvalue weighted by Crippen LogP contribution is 2.18. The van der Waals surface area contributed by atoms with Crippen molar-refractivity contribution in [2.24, 2.45) is 0 Å². The van der Waals surface area contributed by atoms with Gasteiger partial charge in [0.1, 0.15) is 5.75 Å². The molecule has 1 heterocycles. The van der Waals surface area contributed by atoms with Crippen molar-refractivity contribution in [3.8, 4) is 17.2 Å². The van der Waals surface area contributed by atoms with Crippen molar-refractivity contribution in [2.45, 2.75) is 33.1 Å². The van der Waals surface area contributed by atoms with Gasteiger partial charge >= 0.3 is 0 Å². The van der Waals surface area contributed by atoms with Gasteiger partial charge in [-0.2, -0.15) is 0 Å². The van der Waals surface area contributed by atoms with Crippen LogP contribution in [-0.4, -0.2) is 28.6 Å². The van der Waals surface area contributed by atoms with E-state index in [1.807, 2.05) is 56.3 Å². The SMILES string of the molecule is Cc1ccc(OCC(=O)NNC(=O)CCCc2nnc(-c3ccccc3)o2)cc1C. The van der Waals surface area contributed by atoms with Crippen LogP contribution in [0.1, 0.15) is 29.9 Å². The minimum atomic E-state index is -0.439. The van der Waals surface area contributed by atoms with Crippen LogP contribution >= 0.6 is 0 Å². The third-order valence-corrected chi connectivity index (χ3v) is 4.47. The van der Waals surface area contributed by atoms with Gasteiger partial charge in [-0.05, 0) is 55.7 Å². The van der Waals surface area contributed by atoms with E-state index in [9.17, 15) is 9.59 Å². The van der Waals surface area contributed by atoms with E-state index in [1.54, 1.807) is 6.07 Å². The number of benzene rings is 2. The normalized spacial score (nSPS) is 10.5. The zero-order chi connectivity index (χ0) is 21.3. The summed E-state index contributed by atoms with van der Waals surface area (Å²) in [6, 6.07) is 15.1. The standard InChI is InChI=1S/C22H24N4O4/c1-15-11-12-18(13-16(15)2)29-14-20(28)24-23-19(27)9-6-10-21-25-26-22(30-21)17-7-4-3-5-8-17/h3-5,7-8,11-13H,6,9-10,14H2,1-2H3,(H,23,27)(H,24,28). The van der Waals surface area contributed by atoms with E-state index < -0.39 is 5.91 Å². The highest BCUT2D eigenvalue weighted by molar-refractivity contribution is 5.82. The Labute approximate surface area is 174 Å². The molecule has 2 N–H and O–H groups in total. The number of hydrogen-bond donors (Lipinski definition) is 2. The van der Waals surface area contributed by atoms with Gasteiger partial charge in [0.2, 0.25) is 17.7 Å². The minimum Gasteiger partial charge on any atom is -0.484 e. The summed E-state index contributed by atoms with van der Waals surface area (Å²) >= 11 is 0. The summed E-state index contributed by atoms with van der Waals surface area (Å²) in [5.41, 5.74) is 7.79. The average molecular weight is 408 g/mol. The molecule has 0 unspecified atom stereocenters. The lowest BCUT2D eigenvalue weighted by Gasteiger charge is -2.09. The molecule has 30 heavy (non-hydrogen) atoms. The minimum absolute atomic E-state index is 0.187. The summed E-state index contributed by atoms with van der Waals surface area (Å²) in [7, 11) is 0. The predicted molar refractivity (Wildman–Crippen MR) is 110 cm³/mol. The summed E-state index contributed by atoms with van der Waals surface area (Å²) in [5.74, 6) is 0.774. The highest BCUT2D eigenvalue weighted by Gasteiger charge is 2.10. The van der Waals surface area contributed by atoms with Gasteiger partial charge in [0, 0.05) is 18.4 Å². The second-order valence-electron chi connectivity index (χ2n) is 6.85. The van der Waals surface area contributed by atoms with E-state index in [2.05, 4.69) is 21.0 Å². The number of carbonyl (C=O) groups is 2. The van der Waals surface area contributed by atoms with Crippen molar-refractivity contribution < 1.29 is 18.7 Å². The van der Waals surface area contributed by atoms with Gasteiger partial charge in [0.05, 0.1) is 0 Å². The molecule has 3 rings (SSSR count). The van der Waals surface area contributed by atoms with Gasteiger partial charge in [-0.15, -0.1) is 10.2 Å². The molecule has 3 aromatic rings.